The van der Waals surface area contributed by atoms with Crippen molar-refractivity contribution < 1.29 is 9.53 Å². The first-order valence-electron chi connectivity index (χ1n) is 4.77. The molecule has 1 N–H and O–H groups in total. The van der Waals surface area contributed by atoms with Crippen LogP contribution in [0.3, 0.4) is 0 Å². The molecule has 1 heterocycles. The van der Waals surface area contributed by atoms with Crippen molar-refractivity contribution in [3.05, 3.63) is 0 Å². The monoisotopic (exact) mass is 264 g/mol. The summed E-state index contributed by atoms with van der Waals surface area (Å²) in [5, 5.41) is 3.34. The molecule has 1 fully saturated rings. The van der Waals surface area contributed by atoms with Crippen LogP contribution in [0.1, 0.15) is 6.42 Å². The molecule has 0 aliphatic carbocycles. The molecular weight excluding hydrogens is 248 g/mol. The molecule has 1 aliphatic rings. The van der Waals surface area contributed by atoms with Crippen molar-refractivity contribution in [3.8, 4) is 0 Å². The van der Waals surface area contributed by atoms with Gasteiger partial charge in [0.25, 0.3) is 0 Å². The molecule has 2 unspecified atom stereocenters. The fraction of sp³-hybridized carbons (Fsp3) is 0.889. The van der Waals surface area contributed by atoms with Gasteiger partial charge in [-0.05, 0) is 20.0 Å². The molecule has 0 spiro atoms. The van der Waals surface area contributed by atoms with Crippen molar-refractivity contribution >= 4 is 21.9 Å². The van der Waals surface area contributed by atoms with Crippen molar-refractivity contribution in [2.45, 2.75) is 17.3 Å². The number of nitrogens with zero attached hydrogens (tertiary/aromatic N) is 1. The van der Waals surface area contributed by atoms with Crippen LogP contribution in [0.25, 0.3) is 0 Å². The third-order valence-electron chi connectivity index (χ3n) is 2.43. The lowest BCUT2D eigenvalue weighted by atomic mass is 10.2. The van der Waals surface area contributed by atoms with Crippen LogP contribution < -0.4 is 5.32 Å². The largest absolute Gasteiger partial charge is 0.468 e. The molecule has 82 valence electrons. The summed E-state index contributed by atoms with van der Waals surface area (Å²) in [5.41, 5.74) is 0. The van der Waals surface area contributed by atoms with E-state index < -0.39 is 0 Å². The number of likely N-dealkylation sites (tertiary alicyclic amines) is 1. The smallest absolute Gasteiger partial charge is 0.320 e. The van der Waals surface area contributed by atoms with E-state index in [2.05, 4.69) is 37.9 Å². The van der Waals surface area contributed by atoms with Crippen LogP contribution in [0.15, 0.2) is 0 Å². The van der Waals surface area contributed by atoms with Crippen molar-refractivity contribution in [2.75, 3.05) is 33.8 Å². The maximum absolute atomic E-state index is 11.1. The van der Waals surface area contributed by atoms with E-state index in [0.717, 1.165) is 19.5 Å². The second-order valence-electron chi connectivity index (χ2n) is 3.65. The normalized spacial score (nSPS) is 24.9. The minimum atomic E-state index is -0.238. The fourth-order valence-electron chi connectivity index (χ4n) is 1.58. The van der Waals surface area contributed by atoms with E-state index in [4.69, 9.17) is 0 Å². The minimum absolute atomic E-state index is 0.219. The van der Waals surface area contributed by atoms with Crippen molar-refractivity contribution in [1.82, 2.24) is 10.2 Å². The minimum Gasteiger partial charge on any atom is -0.468 e. The standard InChI is InChI=1S/C9H17BrN2O2/c1-12-4-3-7(6-12)11-5-8(10)9(13)14-2/h7-8,11H,3-6H2,1-2H3. The van der Waals surface area contributed by atoms with E-state index in [1.165, 1.54) is 7.11 Å². The van der Waals surface area contributed by atoms with Gasteiger partial charge in [0.1, 0.15) is 4.83 Å². The number of hydrogen-bond acceptors (Lipinski definition) is 4. The van der Waals surface area contributed by atoms with Crippen LogP contribution in [-0.4, -0.2) is 55.5 Å². The van der Waals surface area contributed by atoms with Gasteiger partial charge in [-0.15, -0.1) is 0 Å². The van der Waals surface area contributed by atoms with Crippen LogP contribution in [-0.2, 0) is 9.53 Å². The average Bonchev–Trinajstić information content (AvgIpc) is 2.59. The summed E-state index contributed by atoms with van der Waals surface area (Å²) in [7, 11) is 3.51. The number of halogens is 1. The van der Waals surface area contributed by atoms with Gasteiger partial charge in [-0.2, -0.15) is 0 Å². The van der Waals surface area contributed by atoms with Gasteiger partial charge < -0.3 is 15.0 Å². The second-order valence-corrected chi connectivity index (χ2v) is 4.75. The van der Waals surface area contributed by atoms with Gasteiger partial charge >= 0.3 is 5.97 Å². The molecule has 0 amide bonds. The topological polar surface area (TPSA) is 41.6 Å². The number of methoxy groups -OCH3 is 1. The lowest BCUT2D eigenvalue weighted by Crippen LogP contribution is -2.38. The average molecular weight is 265 g/mol. The van der Waals surface area contributed by atoms with Gasteiger partial charge in [-0.25, -0.2) is 0 Å². The van der Waals surface area contributed by atoms with E-state index in [1.54, 1.807) is 0 Å². The second kappa shape index (κ2) is 5.68. The van der Waals surface area contributed by atoms with Crippen molar-refractivity contribution in [1.29, 1.82) is 0 Å². The summed E-state index contributed by atoms with van der Waals surface area (Å²) in [6, 6.07) is 0.504. The Labute approximate surface area is 93.1 Å². The lowest BCUT2D eigenvalue weighted by Gasteiger charge is -2.14. The Morgan fingerprint density at radius 3 is 3.00 bits per heavy atom. The number of carbonyl (C=O) groups excluding carboxylic acids is 1. The van der Waals surface area contributed by atoms with Crippen molar-refractivity contribution in [2.24, 2.45) is 0 Å². The van der Waals surface area contributed by atoms with Gasteiger partial charge in [-0.1, -0.05) is 15.9 Å². The zero-order chi connectivity index (χ0) is 10.6. The number of esters is 1. The van der Waals surface area contributed by atoms with Crippen LogP contribution in [0.2, 0.25) is 0 Å². The van der Waals surface area contributed by atoms with Crippen molar-refractivity contribution in [3.63, 3.8) is 0 Å². The van der Waals surface area contributed by atoms with E-state index in [9.17, 15) is 4.79 Å². The Bertz CT molecular complexity index is 201. The maximum Gasteiger partial charge on any atom is 0.320 e. The van der Waals surface area contributed by atoms with Crippen LogP contribution >= 0.6 is 15.9 Å². The highest BCUT2D eigenvalue weighted by molar-refractivity contribution is 9.10. The first-order valence-corrected chi connectivity index (χ1v) is 5.69. The molecule has 0 aromatic heterocycles. The Kier molecular flexibility index (Phi) is 4.84. The molecule has 4 nitrogen and oxygen atoms in total. The highest BCUT2D eigenvalue weighted by atomic mass is 79.9. The van der Waals surface area contributed by atoms with E-state index >= 15 is 0 Å². The summed E-state index contributed by atoms with van der Waals surface area (Å²) < 4.78 is 4.61. The lowest BCUT2D eigenvalue weighted by molar-refractivity contribution is -0.139. The molecule has 2 atom stereocenters. The van der Waals surface area contributed by atoms with Crippen LogP contribution in [0.4, 0.5) is 0 Å². The quantitative estimate of drug-likeness (QED) is 0.583. The zero-order valence-electron chi connectivity index (χ0n) is 8.62. The molecule has 0 aromatic rings. The van der Waals surface area contributed by atoms with E-state index in [0.29, 0.717) is 12.6 Å². The molecule has 14 heavy (non-hydrogen) atoms. The molecule has 1 aliphatic heterocycles. The number of hydrogen-bond donors (Lipinski definition) is 1. The summed E-state index contributed by atoms with van der Waals surface area (Å²) in [4.78, 5) is 13.1. The summed E-state index contributed by atoms with van der Waals surface area (Å²) >= 11 is 3.28. The highest BCUT2D eigenvalue weighted by Gasteiger charge is 2.21. The Morgan fingerprint density at radius 2 is 2.50 bits per heavy atom. The van der Waals surface area contributed by atoms with Crippen LogP contribution in [0, 0.1) is 0 Å². The molecule has 0 bridgehead atoms. The third-order valence-corrected chi connectivity index (χ3v) is 3.13. The zero-order valence-corrected chi connectivity index (χ0v) is 10.2. The number of alkyl halides is 1. The van der Waals surface area contributed by atoms with Gasteiger partial charge in [0, 0.05) is 19.1 Å². The predicted molar refractivity (Wildman–Crippen MR) is 58.6 cm³/mol. The summed E-state index contributed by atoms with van der Waals surface area (Å²) in [5.74, 6) is -0.219. The fourth-order valence-corrected chi connectivity index (χ4v) is 1.96. The molecular formula is C9H17BrN2O2. The highest BCUT2D eigenvalue weighted by Crippen LogP contribution is 2.07. The number of ether oxygens (including phenoxy) is 1. The Hall–Kier alpha value is -0.130. The van der Waals surface area contributed by atoms with Gasteiger partial charge in [0.05, 0.1) is 7.11 Å². The predicted octanol–water partition coefficient (Wildman–Crippen LogP) is 0.217. The van der Waals surface area contributed by atoms with Gasteiger partial charge in [-0.3, -0.25) is 4.79 Å². The molecule has 0 saturated carbocycles. The first kappa shape index (κ1) is 11.9. The van der Waals surface area contributed by atoms with E-state index in [1.807, 2.05) is 0 Å². The number of nitrogens with one attached hydrogen (secondary N) is 1. The maximum atomic E-state index is 11.1. The molecule has 0 radical (unpaired) electrons. The molecule has 0 aromatic carbocycles. The number of carbonyl (C=O) groups is 1. The summed E-state index contributed by atoms with van der Waals surface area (Å²) in [6.07, 6.45) is 1.15. The Balaban J connectivity index is 2.17. The number of rotatable bonds is 4. The third kappa shape index (κ3) is 3.55. The number of likely N-dealkylation sites (N-methyl/N-ethyl adjacent to an activating group) is 1. The molecule has 5 heteroatoms. The van der Waals surface area contributed by atoms with Gasteiger partial charge in [0.15, 0.2) is 0 Å². The van der Waals surface area contributed by atoms with Gasteiger partial charge in [0.2, 0.25) is 0 Å². The SMILES string of the molecule is COC(=O)C(Br)CNC1CCN(C)C1. The first-order chi connectivity index (χ1) is 6.63. The van der Waals surface area contributed by atoms with Crippen LogP contribution in [0.5, 0.6) is 0 Å². The Morgan fingerprint density at radius 1 is 1.79 bits per heavy atom. The van der Waals surface area contributed by atoms with E-state index in [-0.39, 0.29) is 10.8 Å². The molecule has 1 saturated heterocycles. The molecule has 1 rings (SSSR count). The summed E-state index contributed by atoms with van der Waals surface area (Å²) in [6.45, 7) is 2.81.